The van der Waals surface area contributed by atoms with Gasteiger partial charge in [0.25, 0.3) is 5.56 Å². The Hall–Kier alpha value is -3.78. The predicted molar refractivity (Wildman–Crippen MR) is 145 cm³/mol. The third-order valence-electron chi connectivity index (χ3n) is 5.38. The van der Waals surface area contributed by atoms with Gasteiger partial charge >= 0.3 is 5.97 Å². The molecule has 0 fully saturated rings. The van der Waals surface area contributed by atoms with Crippen molar-refractivity contribution in [3.8, 4) is 0 Å². The van der Waals surface area contributed by atoms with Crippen LogP contribution < -0.4 is 16.6 Å². The number of amides is 1. The van der Waals surface area contributed by atoms with Gasteiger partial charge in [-0.2, -0.15) is 5.10 Å². The molecule has 198 valence electrons. The summed E-state index contributed by atoms with van der Waals surface area (Å²) in [6, 6.07) is 18.8. The molecule has 3 rings (SSSR count). The molecular weight excluding hydrogens is 468 g/mol. The summed E-state index contributed by atoms with van der Waals surface area (Å²) in [6.07, 6.45) is 2.61. The summed E-state index contributed by atoms with van der Waals surface area (Å²) in [6.45, 7) is 7.83. The number of aromatic nitrogens is 2. The van der Waals surface area contributed by atoms with Crippen molar-refractivity contribution in [2.45, 2.75) is 53.0 Å². The predicted octanol–water partition coefficient (Wildman–Crippen LogP) is 3.10. The van der Waals surface area contributed by atoms with Crippen molar-refractivity contribution in [3.63, 3.8) is 0 Å². The topological polar surface area (TPSA) is 116 Å². The fourth-order valence-electron chi connectivity index (χ4n) is 3.62. The second kappa shape index (κ2) is 16.1. The lowest BCUT2D eigenvalue weighted by atomic mass is 10.1. The molecule has 1 aromatic heterocycles. The first kappa shape index (κ1) is 29.5. The highest BCUT2D eigenvalue weighted by atomic mass is 16.5. The van der Waals surface area contributed by atoms with Crippen molar-refractivity contribution in [1.29, 1.82) is 0 Å². The lowest BCUT2D eigenvalue weighted by Crippen LogP contribution is -2.26. The standard InChI is InChI=1S/C16H18N2O3.C13H20N2O/c1-3-21-16(20)10-13-5-4-6-14(9-13)11-18-15(19)8-7-12(2)17-18;1-11-5-4-6-12(9-11)10-13(16)15-8-3-2-7-14/h4-9H,3,10-11H2,1-2H3;4-6,9H,2-3,7-8,10,14H2,1H3,(H,15,16). The van der Waals surface area contributed by atoms with Crippen molar-refractivity contribution >= 4 is 11.9 Å². The van der Waals surface area contributed by atoms with Crippen LogP contribution in [-0.4, -0.2) is 41.4 Å². The van der Waals surface area contributed by atoms with E-state index in [-0.39, 0.29) is 23.9 Å². The van der Waals surface area contributed by atoms with Crippen LogP contribution in [0.15, 0.2) is 65.5 Å². The lowest BCUT2D eigenvalue weighted by Gasteiger charge is -2.07. The lowest BCUT2D eigenvalue weighted by molar-refractivity contribution is -0.142. The van der Waals surface area contributed by atoms with E-state index in [4.69, 9.17) is 10.5 Å². The van der Waals surface area contributed by atoms with Gasteiger partial charge in [0, 0.05) is 12.6 Å². The fraction of sp³-hybridized carbons (Fsp3) is 0.379. The first-order valence-corrected chi connectivity index (χ1v) is 12.6. The zero-order valence-corrected chi connectivity index (χ0v) is 22.0. The van der Waals surface area contributed by atoms with Crippen molar-refractivity contribution < 1.29 is 14.3 Å². The Bertz CT molecular complexity index is 1210. The van der Waals surface area contributed by atoms with E-state index >= 15 is 0 Å². The van der Waals surface area contributed by atoms with E-state index in [0.29, 0.717) is 26.1 Å². The van der Waals surface area contributed by atoms with Crippen LogP contribution in [-0.2, 0) is 33.7 Å². The molecule has 0 saturated carbocycles. The summed E-state index contributed by atoms with van der Waals surface area (Å²) in [5.74, 6) is -0.164. The van der Waals surface area contributed by atoms with Gasteiger partial charge in [0.2, 0.25) is 5.91 Å². The summed E-state index contributed by atoms with van der Waals surface area (Å²) in [4.78, 5) is 34.8. The highest BCUT2D eigenvalue weighted by Gasteiger charge is 2.06. The average Bonchev–Trinajstić information content (AvgIpc) is 2.85. The molecule has 0 bridgehead atoms. The number of nitrogens with two attached hydrogens (primary N) is 1. The largest absolute Gasteiger partial charge is 0.466 e. The number of nitrogens with zero attached hydrogens (tertiary/aromatic N) is 2. The van der Waals surface area contributed by atoms with Crippen molar-refractivity contribution in [2.75, 3.05) is 19.7 Å². The second-order valence-electron chi connectivity index (χ2n) is 8.78. The fourth-order valence-corrected chi connectivity index (χ4v) is 3.62. The van der Waals surface area contributed by atoms with Gasteiger partial charge in [-0.25, -0.2) is 4.68 Å². The minimum absolute atomic E-state index is 0.0858. The van der Waals surface area contributed by atoms with Gasteiger partial charge in [0.15, 0.2) is 0 Å². The molecule has 8 heteroatoms. The number of carbonyl (C=O) groups is 2. The maximum atomic E-state index is 11.7. The summed E-state index contributed by atoms with van der Waals surface area (Å²) in [5.41, 5.74) is 10.1. The monoisotopic (exact) mass is 506 g/mol. The summed E-state index contributed by atoms with van der Waals surface area (Å²) in [5, 5.41) is 7.09. The molecule has 8 nitrogen and oxygen atoms in total. The second-order valence-corrected chi connectivity index (χ2v) is 8.78. The van der Waals surface area contributed by atoms with E-state index < -0.39 is 0 Å². The average molecular weight is 507 g/mol. The van der Waals surface area contributed by atoms with E-state index in [1.807, 2.05) is 62.4 Å². The van der Waals surface area contributed by atoms with Crippen molar-refractivity contribution in [3.05, 3.63) is 99.0 Å². The quantitative estimate of drug-likeness (QED) is 0.305. The number of unbranched alkanes of at least 4 members (excludes halogenated alkanes) is 1. The number of hydrogen-bond acceptors (Lipinski definition) is 6. The SMILES string of the molecule is CCOC(=O)Cc1cccc(Cn2nc(C)ccc2=O)c1.Cc1cccc(CC(=O)NCCCCN)c1. The molecular formula is C29H38N4O4. The number of esters is 1. The van der Waals surface area contributed by atoms with Crippen LogP contribution in [0, 0.1) is 13.8 Å². The van der Waals surface area contributed by atoms with E-state index in [0.717, 1.165) is 41.8 Å². The molecule has 3 aromatic rings. The molecule has 1 amide bonds. The highest BCUT2D eigenvalue weighted by Crippen LogP contribution is 2.08. The number of aryl methyl sites for hydroxylation is 2. The number of hydrogen-bond donors (Lipinski definition) is 2. The number of benzene rings is 2. The minimum atomic E-state index is -0.250. The normalized spacial score (nSPS) is 10.3. The van der Waals surface area contributed by atoms with Crippen LogP contribution in [0.5, 0.6) is 0 Å². The molecule has 37 heavy (non-hydrogen) atoms. The van der Waals surface area contributed by atoms with Gasteiger partial charge in [0.05, 0.1) is 31.7 Å². The van der Waals surface area contributed by atoms with Crippen LogP contribution in [0.2, 0.25) is 0 Å². The molecule has 0 atom stereocenters. The Kier molecular flexibility index (Phi) is 12.8. The Labute approximate surface area is 218 Å². The van der Waals surface area contributed by atoms with Gasteiger partial charge in [-0.15, -0.1) is 0 Å². The van der Waals surface area contributed by atoms with Crippen molar-refractivity contribution in [1.82, 2.24) is 15.1 Å². The summed E-state index contributed by atoms with van der Waals surface area (Å²) >= 11 is 0. The minimum Gasteiger partial charge on any atom is -0.466 e. The molecule has 1 heterocycles. The Morgan fingerprint density at radius 1 is 0.946 bits per heavy atom. The molecule has 0 spiro atoms. The maximum absolute atomic E-state index is 11.7. The van der Waals surface area contributed by atoms with Crippen LogP contribution >= 0.6 is 0 Å². The third-order valence-corrected chi connectivity index (χ3v) is 5.38. The molecule has 3 N–H and O–H groups in total. The van der Waals surface area contributed by atoms with Crippen molar-refractivity contribution in [2.24, 2.45) is 5.73 Å². The molecule has 0 aliphatic rings. The number of nitrogens with one attached hydrogen (secondary N) is 1. The van der Waals surface area contributed by atoms with Crippen LogP contribution in [0.3, 0.4) is 0 Å². The maximum Gasteiger partial charge on any atom is 0.310 e. The Morgan fingerprint density at radius 2 is 1.65 bits per heavy atom. The summed E-state index contributed by atoms with van der Waals surface area (Å²) < 4.78 is 6.35. The van der Waals surface area contributed by atoms with E-state index in [1.54, 1.807) is 13.0 Å². The van der Waals surface area contributed by atoms with Gasteiger partial charge in [0.1, 0.15) is 0 Å². The molecule has 0 unspecified atom stereocenters. The third kappa shape index (κ3) is 11.7. The molecule has 2 aromatic carbocycles. The van der Waals surface area contributed by atoms with Gasteiger partial charge in [-0.1, -0.05) is 54.1 Å². The Morgan fingerprint density at radius 3 is 2.35 bits per heavy atom. The number of ether oxygens (including phenoxy) is 1. The smallest absolute Gasteiger partial charge is 0.310 e. The Balaban J connectivity index is 0.000000271. The number of carbonyl (C=O) groups excluding carboxylic acids is 2. The molecule has 0 aliphatic carbocycles. The van der Waals surface area contributed by atoms with E-state index in [1.165, 1.54) is 16.3 Å². The van der Waals surface area contributed by atoms with Crippen LogP contribution in [0.25, 0.3) is 0 Å². The van der Waals surface area contributed by atoms with E-state index in [9.17, 15) is 14.4 Å². The molecule has 0 aliphatic heterocycles. The zero-order valence-electron chi connectivity index (χ0n) is 22.0. The molecule has 0 saturated heterocycles. The molecule has 0 radical (unpaired) electrons. The summed E-state index contributed by atoms with van der Waals surface area (Å²) in [7, 11) is 0. The van der Waals surface area contributed by atoms with Gasteiger partial charge in [-0.3, -0.25) is 14.4 Å². The highest BCUT2D eigenvalue weighted by molar-refractivity contribution is 5.78. The first-order valence-electron chi connectivity index (χ1n) is 12.6. The zero-order chi connectivity index (χ0) is 27.0. The first-order chi connectivity index (χ1) is 17.8. The number of rotatable bonds is 11. The van der Waals surface area contributed by atoms with Crippen LogP contribution in [0.1, 0.15) is 47.7 Å². The van der Waals surface area contributed by atoms with Gasteiger partial charge < -0.3 is 15.8 Å². The van der Waals surface area contributed by atoms with Crippen LogP contribution in [0.4, 0.5) is 0 Å². The van der Waals surface area contributed by atoms with E-state index in [2.05, 4.69) is 10.4 Å². The van der Waals surface area contributed by atoms with Gasteiger partial charge in [-0.05, 0) is 62.9 Å².